The first-order chi connectivity index (χ1) is 8.48. The van der Waals surface area contributed by atoms with E-state index in [9.17, 15) is 4.79 Å². The van der Waals surface area contributed by atoms with E-state index in [0.717, 1.165) is 25.7 Å². The van der Waals surface area contributed by atoms with Gasteiger partial charge in [0.1, 0.15) is 0 Å². The van der Waals surface area contributed by atoms with Crippen molar-refractivity contribution in [3.63, 3.8) is 0 Å². The molecule has 0 heterocycles. The van der Waals surface area contributed by atoms with Crippen LogP contribution < -0.4 is 0 Å². The Bertz CT molecular complexity index is 255. The van der Waals surface area contributed by atoms with Gasteiger partial charge in [-0.05, 0) is 33.6 Å². The number of ether oxygens (including phenoxy) is 1. The van der Waals surface area contributed by atoms with Gasteiger partial charge >= 0.3 is 5.97 Å². The summed E-state index contributed by atoms with van der Waals surface area (Å²) in [5.74, 6) is 2.56. The molecule has 0 aliphatic carbocycles. The zero-order valence-electron chi connectivity index (χ0n) is 12.3. The molecule has 0 aromatic heterocycles. The van der Waals surface area contributed by atoms with Crippen LogP contribution in [0.4, 0.5) is 0 Å². The van der Waals surface area contributed by atoms with E-state index in [1.807, 2.05) is 20.8 Å². The van der Waals surface area contributed by atoms with Gasteiger partial charge in [0.15, 0.2) is 0 Å². The van der Waals surface area contributed by atoms with Crippen LogP contribution in [0, 0.1) is 17.8 Å². The molecule has 104 valence electrons. The Hall–Kier alpha value is -0.970. The summed E-state index contributed by atoms with van der Waals surface area (Å²) in [6.07, 6.45) is 14.4. The van der Waals surface area contributed by atoms with Crippen molar-refractivity contribution in [3.8, 4) is 12.3 Å². The predicted octanol–water partition coefficient (Wildman–Crippen LogP) is 4.33. The number of terminal acetylenes is 1. The molecule has 0 saturated carbocycles. The fourth-order valence-corrected chi connectivity index (χ4v) is 1.59. The van der Waals surface area contributed by atoms with Gasteiger partial charge in [0.05, 0.1) is 12.0 Å². The number of carbonyl (C=O) groups is 1. The fourth-order valence-electron chi connectivity index (χ4n) is 1.59. The quantitative estimate of drug-likeness (QED) is 0.347. The van der Waals surface area contributed by atoms with Gasteiger partial charge in [-0.3, -0.25) is 4.79 Å². The Morgan fingerprint density at radius 3 is 2.00 bits per heavy atom. The van der Waals surface area contributed by atoms with Crippen LogP contribution in [0.1, 0.15) is 72.1 Å². The Morgan fingerprint density at radius 1 is 1.00 bits per heavy atom. The van der Waals surface area contributed by atoms with Crippen molar-refractivity contribution < 1.29 is 9.53 Å². The van der Waals surface area contributed by atoms with Gasteiger partial charge in [0.2, 0.25) is 0 Å². The van der Waals surface area contributed by atoms with E-state index in [1.54, 1.807) is 0 Å². The van der Waals surface area contributed by atoms with E-state index >= 15 is 0 Å². The third-order valence-corrected chi connectivity index (χ3v) is 2.81. The fraction of sp³-hybridized carbons (Fsp3) is 0.812. The largest absolute Gasteiger partial charge is 0.465 e. The second kappa shape index (κ2) is 10.00. The highest BCUT2D eigenvalue weighted by Crippen LogP contribution is 2.15. The lowest BCUT2D eigenvalue weighted by molar-refractivity contribution is -0.153. The lowest BCUT2D eigenvalue weighted by Crippen LogP contribution is -2.23. The molecule has 0 unspecified atom stereocenters. The van der Waals surface area contributed by atoms with Crippen LogP contribution >= 0.6 is 0 Å². The molecule has 0 rings (SSSR count). The minimum Gasteiger partial charge on any atom is -0.465 e. The summed E-state index contributed by atoms with van der Waals surface area (Å²) in [5.41, 5.74) is -0.378. The van der Waals surface area contributed by atoms with Gasteiger partial charge < -0.3 is 4.74 Å². The first kappa shape index (κ1) is 17.0. The van der Waals surface area contributed by atoms with Gasteiger partial charge in [-0.2, -0.15) is 0 Å². The minimum atomic E-state index is -0.378. The molecule has 2 nitrogen and oxygen atoms in total. The van der Waals surface area contributed by atoms with Crippen LogP contribution in [0.2, 0.25) is 0 Å². The van der Waals surface area contributed by atoms with Gasteiger partial charge in [-0.25, -0.2) is 0 Å². The molecular weight excluding hydrogens is 224 g/mol. The minimum absolute atomic E-state index is 0.100. The first-order valence-corrected chi connectivity index (χ1v) is 7.09. The second-order valence-corrected chi connectivity index (χ2v) is 5.81. The lowest BCUT2D eigenvalue weighted by Gasteiger charge is -2.16. The van der Waals surface area contributed by atoms with E-state index in [-0.39, 0.29) is 11.4 Å². The molecule has 0 bridgehead atoms. The van der Waals surface area contributed by atoms with Crippen LogP contribution in [0.25, 0.3) is 0 Å². The number of hydrogen-bond donors (Lipinski definition) is 0. The van der Waals surface area contributed by atoms with Crippen molar-refractivity contribution >= 4 is 5.97 Å². The lowest BCUT2D eigenvalue weighted by atomic mass is 9.97. The van der Waals surface area contributed by atoms with Crippen molar-refractivity contribution in [1.82, 2.24) is 0 Å². The maximum absolute atomic E-state index is 11.5. The topological polar surface area (TPSA) is 26.3 Å². The smallest absolute Gasteiger partial charge is 0.311 e. The molecule has 0 saturated heterocycles. The van der Waals surface area contributed by atoms with E-state index < -0.39 is 0 Å². The summed E-state index contributed by atoms with van der Waals surface area (Å²) in [6, 6.07) is 0. The third-order valence-electron chi connectivity index (χ3n) is 2.81. The Morgan fingerprint density at radius 2 is 1.50 bits per heavy atom. The van der Waals surface area contributed by atoms with Crippen LogP contribution in [0.3, 0.4) is 0 Å². The van der Waals surface area contributed by atoms with E-state index in [2.05, 4.69) is 5.92 Å². The summed E-state index contributed by atoms with van der Waals surface area (Å²) in [7, 11) is 0. The molecule has 0 spiro atoms. The number of esters is 1. The maximum Gasteiger partial charge on any atom is 0.311 e. The van der Waals surface area contributed by atoms with E-state index in [4.69, 9.17) is 11.2 Å². The average molecular weight is 252 g/mol. The number of unbranched alkanes of at least 4 members (excludes halogenated alkanes) is 7. The Balaban J connectivity index is 3.22. The Kier molecular flexibility index (Phi) is 9.46. The van der Waals surface area contributed by atoms with Crippen LogP contribution in [0.15, 0.2) is 0 Å². The zero-order valence-corrected chi connectivity index (χ0v) is 12.3. The molecule has 0 radical (unpaired) electrons. The van der Waals surface area contributed by atoms with Gasteiger partial charge in [0, 0.05) is 6.42 Å². The van der Waals surface area contributed by atoms with Crippen molar-refractivity contribution in [1.29, 1.82) is 0 Å². The van der Waals surface area contributed by atoms with Gasteiger partial charge in [-0.1, -0.05) is 32.1 Å². The highest BCUT2D eigenvalue weighted by molar-refractivity contribution is 5.75. The molecule has 0 aromatic carbocycles. The molecule has 0 aliphatic heterocycles. The van der Waals surface area contributed by atoms with Crippen LogP contribution in [0.5, 0.6) is 0 Å². The van der Waals surface area contributed by atoms with Crippen LogP contribution in [-0.2, 0) is 9.53 Å². The summed E-state index contributed by atoms with van der Waals surface area (Å²) in [4.78, 5) is 11.5. The molecular formula is C16H28O2. The average Bonchev–Trinajstić information content (AvgIpc) is 2.30. The number of carbonyl (C=O) groups excluding carboxylic acids is 1. The molecule has 18 heavy (non-hydrogen) atoms. The molecule has 0 aliphatic rings. The third kappa shape index (κ3) is 10.2. The molecule has 0 N–H and O–H groups in total. The maximum atomic E-state index is 11.5. The molecule has 0 aromatic rings. The highest BCUT2D eigenvalue weighted by Gasteiger charge is 2.22. The summed E-state index contributed by atoms with van der Waals surface area (Å²) >= 11 is 0. The summed E-state index contributed by atoms with van der Waals surface area (Å²) in [5, 5.41) is 0. The van der Waals surface area contributed by atoms with Gasteiger partial charge in [-0.15, -0.1) is 12.3 Å². The van der Waals surface area contributed by atoms with Crippen LogP contribution in [-0.4, -0.2) is 12.6 Å². The van der Waals surface area contributed by atoms with Crippen molar-refractivity contribution in [2.24, 2.45) is 5.41 Å². The molecule has 0 atom stereocenters. The van der Waals surface area contributed by atoms with Crippen molar-refractivity contribution in [2.75, 3.05) is 6.61 Å². The molecule has 0 fully saturated rings. The Labute approximate surface area is 112 Å². The highest BCUT2D eigenvalue weighted by atomic mass is 16.5. The normalized spacial score (nSPS) is 11.0. The second-order valence-electron chi connectivity index (χ2n) is 5.81. The van der Waals surface area contributed by atoms with Crippen molar-refractivity contribution in [2.45, 2.75) is 72.1 Å². The monoisotopic (exact) mass is 252 g/mol. The van der Waals surface area contributed by atoms with Crippen molar-refractivity contribution in [3.05, 3.63) is 0 Å². The predicted molar refractivity (Wildman–Crippen MR) is 76.2 cm³/mol. The van der Waals surface area contributed by atoms with Gasteiger partial charge in [0.25, 0.3) is 0 Å². The number of hydrogen-bond acceptors (Lipinski definition) is 2. The van der Waals surface area contributed by atoms with E-state index in [0.29, 0.717) is 6.61 Å². The molecule has 0 amide bonds. The number of rotatable bonds is 9. The standard InChI is InChI=1S/C16H28O2/c1-5-6-7-8-9-10-11-12-13-14-18-15(17)16(2,3)4/h1H,6-14H2,2-4H3. The zero-order chi connectivity index (χ0) is 13.9. The SMILES string of the molecule is C#CCCCCCCCCCOC(=O)C(C)(C)C. The summed E-state index contributed by atoms with van der Waals surface area (Å²) in [6.45, 7) is 6.20. The summed E-state index contributed by atoms with van der Waals surface area (Å²) < 4.78 is 5.21. The van der Waals surface area contributed by atoms with E-state index in [1.165, 1.54) is 25.7 Å². The first-order valence-electron chi connectivity index (χ1n) is 7.09. The molecule has 2 heteroatoms.